The molecule has 2 rings (SSSR count). The molecule has 4 nitrogen and oxygen atoms in total. The first kappa shape index (κ1) is 18.7. The Bertz CT molecular complexity index is 529. The molecule has 22 heavy (non-hydrogen) atoms. The van der Waals surface area contributed by atoms with Gasteiger partial charge in [-0.1, -0.05) is 32.1 Å². The van der Waals surface area contributed by atoms with Gasteiger partial charge >= 0.3 is 7.12 Å². The molecule has 0 unspecified atom stereocenters. The fourth-order valence-electron chi connectivity index (χ4n) is 2.18. The lowest BCUT2D eigenvalue weighted by atomic mass is 9.78. The zero-order chi connectivity index (χ0) is 17.0. The molecule has 0 aromatic carbocycles. The molecule has 0 saturated carbocycles. The van der Waals surface area contributed by atoms with Crippen LogP contribution in [0.5, 0.6) is 0 Å². The summed E-state index contributed by atoms with van der Waals surface area (Å²) in [5.41, 5.74) is 2.28. The van der Waals surface area contributed by atoms with Crippen LogP contribution in [0, 0.1) is 0 Å². The molecule has 2 heterocycles. The quantitative estimate of drug-likeness (QED) is 0.684. The van der Waals surface area contributed by atoms with Crippen molar-refractivity contribution in [1.82, 2.24) is 10.2 Å². The van der Waals surface area contributed by atoms with Crippen molar-refractivity contribution < 1.29 is 9.31 Å². The van der Waals surface area contributed by atoms with Crippen LogP contribution < -0.4 is 5.46 Å². The van der Waals surface area contributed by atoms with E-state index in [0.29, 0.717) is 0 Å². The molecule has 0 radical (unpaired) electrons. The van der Waals surface area contributed by atoms with Crippen LogP contribution in [-0.2, 0) is 9.31 Å². The van der Waals surface area contributed by atoms with Gasteiger partial charge in [0.1, 0.15) is 0 Å². The van der Waals surface area contributed by atoms with Crippen molar-refractivity contribution in [2.75, 3.05) is 0 Å². The highest BCUT2D eigenvalue weighted by Crippen LogP contribution is 2.36. The summed E-state index contributed by atoms with van der Waals surface area (Å²) >= 11 is 0. The molecule has 1 aromatic rings. The third-order valence-corrected chi connectivity index (χ3v) is 4.12. The van der Waals surface area contributed by atoms with E-state index in [0.717, 1.165) is 16.7 Å². The fourth-order valence-corrected chi connectivity index (χ4v) is 2.18. The minimum Gasteiger partial charge on any atom is -0.399 e. The van der Waals surface area contributed by atoms with E-state index in [-0.39, 0.29) is 11.2 Å². The average Bonchev–Trinajstić information content (AvgIpc) is 3.01. The Labute approximate surface area is 135 Å². The topological polar surface area (TPSA) is 47.1 Å². The first-order valence-corrected chi connectivity index (χ1v) is 8.00. The Morgan fingerprint density at radius 1 is 1.14 bits per heavy atom. The Balaban J connectivity index is 0.00000116. The fraction of sp³-hybridized carbons (Fsp3) is 0.588. The summed E-state index contributed by atoms with van der Waals surface area (Å²) in [7, 11) is -0.394. The van der Waals surface area contributed by atoms with Gasteiger partial charge in [-0.05, 0) is 47.1 Å². The van der Waals surface area contributed by atoms with Crippen LogP contribution in [0.4, 0.5) is 0 Å². The molecule has 1 fully saturated rings. The van der Waals surface area contributed by atoms with Crippen LogP contribution in [0.3, 0.4) is 0 Å². The molecule has 5 heteroatoms. The number of allylic oxidation sites excluding steroid dienone is 4. The standard InChI is InChI=1S/C15H23BN2O2.C2H6/c1-7-9-11(8-2)13-12(10-17-18-13)16-19-14(3,4)15(5,6)20-16;1-2/h7-10H,1-6H3,(H,17,18);1-2H3/b9-7-,11-8+;. The maximum atomic E-state index is 6.09. The van der Waals surface area contributed by atoms with Crippen LogP contribution >= 0.6 is 0 Å². The van der Waals surface area contributed by atoms with E-state index in [9.17, 15) is 0 Å². The smallest absolute Gasteiger partial charge is 0.399 e. The summed E-state index contributed by atoms with van der Waals surface area (Å²) in [6.07, 6.45) is 7.87. The lowest BCUT2D eigenvalue weighted by Gasteiger charge is -2.32. The maximum Gasteiger partial charge on any atom is 0.498 e. The first-order valence-electron chi connectivity index (χ1n) is 8.00. The second-order valence-corrected chi connectivity index (χ2v) is 6.03. The van der Waals surface area contributed by atoms with Crippen molar-refractivity contribution >= 4 is 18.2 Å². The van der Waals surface area contributed by atoms with Gasteiger partial charge in [0, 0.05) is 11.7 Å². The molecule has 1 saturated heterocycles. The van der Waals surface area contributed by atoms with Gasteiger partial charge in [-0.25, -0.2) is 0 Å². The van der Waals surface area contributed by atoms with Crippen molar-refractivity contribution in [3.8, 4) is 0 Å². The lowest BCUT2D eigenvalue weighted by molar-refractivity contribution is 0.00578. The number of hydrogen-bond donors (Lipinski definition) is 1. The molecule has 0 bridgehead atoms. The largest absolute Gasteiger partial charge is 0.498 e. The van der Waals surface area contributed by atoms with Crippen LogP contribution in [0.15, 0.2) is 24.4 Å². The number of nitrogens with one attached hydrogen (secondary N) is 1. The second-order valence-electron chi connectivity index (χ2n) is 6.03. The third kappa shape index (κ3) is 3.53. The molecule has 1 aromatic heterocycles. The van der Waals surface area contributed by atoms with Crippen molar-refractivity contribution in [2.45, 2.75) is 66.6 Å². The van der Waals surface area contributed by atoms with E-state index < -0.39 is 7.12 Å². The van der Waals surface area contributed by atoms with E-state index in [1.807, 2.05) is 45.9 Å². The molecule has 122 valence electrons. The van der Waals surface area contributed by atoms with Crippen LogP contribution in [0.2, 0.25) is 0 Å². The van der Waals surface area contributed by atoms with Gasteiger partial charge in [0.2, 0.25) is 0 Å². The minimum absolute atomic E-state index is 0.344. The Morgan fingerprint density at radius 3 is 2.14 bits per heavy atom. The summed E-state index contributed by atoms with van der Waals surface area (Å²) in [5, 5.41) is 7.20. The molecule has 0 atom stereocenters. The predicted octanol–water partition coefficient (Wildman–Crippen LogP) is 3.71. The predicted molar refractivity (Wildman–Crippen MR) is 94.1 cm³/mol. The van der Waals surface area contributed by atoms with Gasteiger partial charge in [0.25, 0.3) is 0 Å². The molecule has 0 aliphatic carbocycles. The van der Waals surface area contributed by atoms with Crippen LogP contribution in [0.1, 0.15) is 61.1 Å². The van der Waals surface area contributed by atoms with Gasteiger partial charge in [-0.3, -0.25) is 5.10 Å². The Morgan fingerprint density at radius 2 is 1.68 bits per heavy atom. The van der Waals surface area contributed by atoms with Crippen molar-refractivity contribution in [2.24, 2.45) is 0 Å². The summed E-state index contributed by atoms with van der Waals surface area (Å²) < 4.78 is 12.2. The molecule has 0 amide bonds. The van der Waals surface area contributed by atoms with Crippen molar-refractivity contribution in [3.63, 3.8) is 0 Å². The highest BCUT2D eigenvalue weighted by molar-refractivity contribution is 6.63. The second kappa shape index (κ2) is 7.29. The van der Waals surface area contributed by atoms with Gasteiger partial charge < -0.3 is 9.31 Å². The van der Waals surface area contributed by atoms with E-state index in [1.165, 1.54) is 0 Å². The number of aromatic nitrogens is 2. The van der Waals surface area contributed by atoms with E-state index in [2.05, 4.69) is 37.9 Å². The first-order chi connectivity index (χ1) is 10.3. The monoisotopic (exact) mass is 304 g/mol. The van der Waals surface area contributed by atoms with Crippen LogP contribution in [-0.4, -0.2) is 28.5 Å². The van der Waals surface area contributed by atoms with Crippen molar-refractivity contribution in [3.05, 3.63) is 30.1 Å². The van der Waals surface area contributed by atoms with Gasteiger partial charge in [-0.2, -0.15) is 5.10 Å². The van der Waals surface area contributed by atoms with Gasteiger partial charge in [-0.15, -0.1) is 0 Å². The highest BCUT2D eigenvalue weighted by Gasteiger charge is 2.52. The molecular formula is C17H29BN2O2. The summed E-state index contributed by atoms with van der Waals surface area (Å²) in [4.78, 5) is 0. The summed E-state index contributed by atoms with van der Waals surface area (Å²) in [6.45, 7) is 16.2. The molecular weight excluding hydrogens is 275 g/mol. The zero-order valence-corrected chi connectivity index (χ0v) is 15.2. The van der Waals surface area contributed by atoms with E-state index in [1.54, 1.807) is 6.20 Å². The Kier molecular flexibility index (Phi) is 6.21. The number of aromatic amines is 1. The lowest BCUT2D eigenvalue weighted by Crippen LogP contribution is -2.41. The average molecular weight is 304 g/mol. The molecule has 1 aliphatic heterocycles. The number of hydrogen-bond acceptors (Lipinski definition) is 3. The SMILES string of the molecule is C/C=C\C(=C/C)c1[nH]ncc1B1OC(C)(C)C(C)(C)O1.CC. The number of rotatable bonds is 3. The third-order valence-electron chi connectivity index (χ3n) is 4.12. The van der Waals surface area contributed by atoms with E-state index in [4.69, 9.17) is 9.31 Å². The van der Waals surface area contributed by atoms with E-state index >= 15 is 0 Å². The van der Waals surface area contributed by atoms with Crippen molar-refractivity contribution in [1.29, 1.82) is 0 Å². The normalized spacial score (nSPS) is 20.2. The highest BCUT2D eigenvalue weighted by atomic mass is 16.7. The maximum absolute atomic E-state index is 6.09. The van der Waals surface area contributed by atoms with Gasteiger partial charge in [0.05, 0.1) is 16.9 Å². The van der Waals surface area contributed by atoms with Gasteiger partial charge in [0.15, 0.2) is 0 Å². The zero-order valence-electron chi connectivity index (χ0n) is 15.2. The number of nitrogens with zero attached hydrogens (tertiary/aromatic N) is 1. The number of H-pyrrole nitrogens is 1. The molecule has 1 N–H and O–H groups in total. The molecule has 1 aliphatic rings. The van der Waals surface area contributed by atoms with Crippen LogP contribution in [0.25, 0.3) is 5.57 Å². The minimum atomic E-state index is -0.394. The molecule has 0 spiro atoms. The summed E-state index contributed by atoms with van der Waals surface area (Å²) in [6, 6.07) is 0. The Hall–Kier alpha value is -1.33. The summed E-state index contributed by atoms with van der Waals surface area (Å²) in [5.74, 6) is 0.